The highest BCUT2D eigenvalue weighted by Crippen LogP contribution is 2.20. The van der Waals surface area contributed by atoms with Gasteiger partial charge in [-0.25, -0.2) is 0 Å². The minimum atomic E-state index is 0.116. The van der Waals surface area contributed by atoms with Crippen molar-refractivity contribution in [3.8, 4) is 0 Å². The molecule has 2 heteroatoms. The van der Waals surface area contributed by atoms with Crippen LogP contribution in [0.4, 0.5) is 0 Å². The van der Waals surface area contributed by atoms with Crippen LogP contribution in [0.1, 0.15) is 18.4 Å². The molecule has 0 saturated carbocycles. The monoisotopic (exact) mass is 202 g/mol. The smallest absolute Gasteiger partial charge is 0.145 e. The third kappa shape index (κ3) is 2.77. The van der Waals surface area contributed by atoms with E-state index in [9.17, 15) is 4.79 Å². The molecule has 0 fully saturated rings. The molecule has 1 aromatic carbocycles. The largest absolute Gasteiger partial charge is 0.369 e. The van der Waals surface area contributed by atoms with Gasteiger partial charge >= 0.3 is 0 Å². The number of benzene rings is 1. The number of hydrogen-bond acceptors (Lipinski definition) is 2. The van der Waals surface area contributed by atoms with Gasteiger partial charge in [-0.2, -0.15) is 0 Å². The maximum Gasteiger partial charge on any atom is 0.145 e. The van der Waals surface area contributed by atoms with Crippen LogP contribution in [0.5, 0.6) is 0 Å². The Bertz CT molecular complexity index is 354. The zero-order valence-electron chi connectivity index (χ0n) is 8.56. The fourth-order valence-electron chi connectivity index (χ4n) is 1.72. The van der Waals surface area contributed by atoms with Crippen molar-refractivity contribution in [1.82, 2.24) is 0 Å². The lowest BCUT2D eigenvalue weighted by Crippen LogP contribution is -2.05. The highest BCUT2D eigenvalue weighted by Gasteiger charge is 2.15. The van der Waals surface area contributed by atoms with Gasteiger partial charge in [0.1, 0.15) is 6.29 Å². The van der Waals surface area contributed by atoms with Crippen molar-refractivity contribution in [3.63, 3.8) is 0 Å². The molecule has 0 N–H and O–H groups in total. The maximum atomic E-state index is 10.5. The standard InChI is InChI=1S/C13H14O2/c14-9-12-6-7-13(8-12)15-10-11-4-2-1-3-5-11/h1-5,8-9,13H,6-7,10H2/t13-/m1/s1. The quantitative estimate of drug-likeness (QED) is 0.701. The van der Waals surface area contributed by atoms with E-state index in [0.29, 0.717) is 6.61 Å². The zero-order chi connectivity index (χ0) is 10.5. The minimum Gasteiger partial charge on any atom is -0.369 e. The Kier molecular flexibility index (Phi) is 3.30. The van der Waals surface area contributed by atoms with Crippen LogP contribution in [0.2, 0.25) is 0 Å². The zero-order valence-corrected chi connectivity index (χ0v) is 8.56. The van der Waals surface area contributed by atoms with Gasteiger partial charge in [0.2, 0.25) is 0 Å². The Morgan fingerprint density at radius 3 is 2.80 bits per heavy atom. The van der Waals surface area contributed by atoms with Crippen molar-refractivity contribution in [2.24, 2.45) is 0 Å². The third-order valence-electron chi connectivity index (χ3n) is 2.58. The van der Waals surface area contributed by atoms with Gasteiger partial charge in [-0.15, -0.1) is 0 Å². The molecular weight excluding hydrogens is 188 g/mol. The molecule has 0 aromatic heterocycles. The Balaban J connectivity index is 1.85. The summed E-state index contributed by atoms with van der Waals surface area (Å²) in [5.41, 5.74) is 2.04. The van der Waals surface area contributed by atoms with E-state index < -0.39 is 0 Å². The number of ether oxygens (including phenoxy) is 1. The number of aldehydes is 1. The van der Waals surface area contributed by atoms with Gasteiger partial charge in [0.05, 0.1) is 12.7 Å². The number of rotatable bonds is 4. The minimum absolute atomic E-state index is 0.116. The van der Waals surface area contributed by atoms with E-state index in [1.54, 1.807) is 0 Å². The Hall–Kier alpha value is -1.41. The van der Waals surface area contributed by atoms with Gasteiger partial charge in [0.15, 0.2) is 0 Å². The number of hydrogen-bond donors (Lipinski definition) is 0. The number of carbonyl (C=O) groups is 1. The Labute approximate surface area is 89.6 Å². The summed E-state index contributed by atoms with van der Waals surface area (Å²) in [5, 5.41) is 0. The molecule has 2 nitrogen and oxygen atoms in total. The molecule has 0 heterocycles. The molecule has 0 aliphatic heterocycles. The van der Waals surface area contributed by atoms with Crippen LogP contribution >= 0.6 is 0 Å². The van der Waals surface area contributed by atoms with Crippen molar-refractivity contribution in [1.29, 1.82) is 0 Å². The van der Waals surface area contributed by atoms with Crippen LogP contribution in [0.15, 0.2) is 42.0 Å². The Morgan fingerprint density at radius 1 is 1.33 bits per heavy atom. The van der Waals surface area contributed by atoms with E-state index in [4.69, 9.17) is 4.74 Å². The first kappa shape index (κ1) is 10.1. The van der Waals surface area contributed by atoms with Gasteiger partial charge in [0, 0.05) is 0 Å². The number of carbonyl (C=O) groups excluding carboxylic acids is 1. The van der Waals surface area contributed by atoms with Crippen LogP contribution in [-0.4, -0.2) is 12.4 Å². The first-order valence-corrected chi connectivity index (χ1v) is 5.20. The van der Waals surface area contributed by atoms with E-state index in [1.165, 1.54) is 5.56 Å². The fourth-order valence-corrected chi connectivity index (χ4v) is 1.72. The van der Waals surface area contributed by atoms with Crippen molar-refractivity contribution in [3.05, 3.63) is 47.5 Å². The first-order chi connectivity index (χ1) is 7.38. The van der Waals surface area contributed by atoms with Gasteiger partial charge in [0.25, 0.3) is 0 Å². The number of allylic oxidation sites excluding steroid dienone is 1. The van der Waals surface area contributed by atoms with Crippen LogP contribution in [0.25, 0.3) is 0 Å². The highest BCUT2D eigenvalue weighted by atomic mass is 16.5. The average Bonchev–Trinajstić information content (AvgIpc) is 2.76. The molecule has 0 unspecified atom stereocenters. The van der Waals surface area contributed by atoms with Crippen molar-refractivity contribution in [2.45, 2.75) is 25.6 Å². The van der Waals surface area contributed by atoms with Crippen LogP contribution < -0.4 is 0 Å². The summed E-state index contributed by atoms with van der Waals surface area (Å²) in [5.74, 6) is 0. The maximum absolute atomic E-state index is 10.5. The predicted molar refractivity (Wildman–Crippen MR) is 58.4 cm³/mol. The van der Waals surface area contributed by atoms with E-state index in [2.05, 4.69) is 0 Å². The van der Waals surface area contributed by atoms with Crippen LogP contribution in [0.3, 0.4) is 0 Å². The summed E-state index contributed by atoms with van der Waals surface area (Å²) >= 11 is 0. The second-order valence-corrected chi connectivity index (χ2v) is 3.73. The van der Waals surface area contributed by atoms with E-state index >= 15 is 0 Å². The summed E-state index contributed by atoms with van der Waals surface area (Å²) in [7, 11) is 0. The normalized spacial score (nSPS) is 20.0. The molecule has 2 rings (SSSR count). The highest BCUT2D eigenvalue weighted by molar-refractivity contribution is 5.74. The second-order valence-electron chi connectivity index (χ2n) is 3.73. The van der Waals surface area contributed by atoms with E-state index in [0.717, 1.165) is 24.7 Å². The molecule has 0 amide bonds. The van der Waals surface area contributed by atoms with Gasteiger partial charge in [-0.1, -0.05) is 30.3 Å². The summed E-state index contributed by atoms with van der Waals surface area (Å²) in [6.45, 7) is 0.619. The molecule has 0 saturated heterocycles. The SMILES string of the molecule is O=CC1=C[C@H](OCc2ccccc2)CC1. The summed E-state index contributed by atoms with van der Waals surface area (Å²) in [4.78, 5) is 10.5. The molecule has 0 bridgehead atoms. The molecule has 1 aliphatic carbocycles. The van der Waals surface area contributed by atoms with Gasteiger partial charge in [-0.05, 0) is 30.1 Å². The van der Waals surface area contributed by atoms with Gasteiger partial charge < -0.3 is 4.74 Å². The average molecular weight is 202 g/mol. The molecule has 15 heavy (non-hydrogen) atoms. The molecule has 1 atom stereocenters. The molecule has 0 radical (unpaired) electrons. The van der Waals surface area contributed by atoms with E-state index in [-0.39, 0.29) is 6.10 Å². The van der Waals surface area contributed by atoms with Crippen LogP contribution in [-0.2, 0) is 16.1 Å². The summed E-state index contributed by atoms with van der Waals surface area (Å²) in [6, 6.07) is 10.1. The van der Waals surface area contributed by atoms with Crippen molar-refractivity contribution < 1.29 is 9.53 Å². The molecule has 1 aromatic rings. The van der Waals surface area contributed by atoms with Crippen LogP contribution in [0, 0.1) is 0 Å². The van der Waals surface area contributed by atoms with Crippen molar-refractivity contribution in [2.75, 3.05) is 0 Å². The van der Waals surface area contributed by atoms with E-state index in [1.807, 2.05) is 36.4 Å². The topological polar surface area (TPSA) is 26.3 Å². The summed E-state index contributed by atoms with van der Waals surface area (Å²) in [6.07, 6.45) is 4.75. The lowest BCUT2D eigenvalue weighted by atomic mass is 10.2. The fraction of sp³-hybridized carbons (Fsp3) is 0.308. The second kappa shape index (κ2) is 4.89. The molecule has 1 aliphatic rings. The molecular formula is C13H14O2. The summed E-state index contributed by atoms with van der Waals surface area (Å²) < 4.78 is 5.69. The van der Waals surface area contributed by atoms with Crippen molar-refractivity contribution >= 4 is 6.29 Å². The molecule has 78 valence electrons. The lowest BCUT2D eigenvalue weighted by molar-refractivity contribution is -0.105. The molecule has 0 spiro atoms. The Morgan fingerprint density at radius 2 is 2.13 bits per heavy atom. The predicted octanol–water partition coefficient (Wildman–Crippen LogP) is 2.49. The lowest BCUT2D eigenvalue weighted by Gasteiger charge is -2.09. The third-order valence-corrected chi connectivity index (χ3v) is 2.58. The first-order valence-electron chi connectivity index (χ1n) is 5.20. The van der Waals surface area contributed by atoms with Gasteiger partial charge in [-0.3, -0.25) is 4.79 Å².